The molecule has 0 heterocycles. The fourth-order valence-electron chi connectivity index (χ4n) is 4.11. The molecule has 0 aromatic heterocycles. The van der Waals surface area contributed by atoms with E-state index in [0.29, 0.717) is 12.3 Å². The van der Waals surface area contributed by atoms with Crippen LogP contribution in [0.25, 0.3) is 0 Å². The van der Waals surface area contributed by atoms with E-state index in [1.54, 1.807) is 0 Å². The van der Waals surface area contributed by atoms with Crippen molar-refractivity contribution in [2.75, 3.05) is 0 Å². The molecule has 0 radical (unpaired) electrons. The molecular weight excluding hydrogens is 268 g/mol. The Hall–Kier alpha value is -1.26. The van der Waals surface area contributed by atoms with E-state index in [1.807, 2.05) is 20.8 Å². The molecule has 2 amide bonds. The van der Waals surface area contributed by atoms with Gasteiger partial charge in [0.15, 0.2) is 0 Å². The highest BCUT2D eigenvalue weighted by Crippen LogP contribution is 2.49. The monoisotopic (exact) mass is 296 g/mol. The first kappa shape index (κ1) is 16.1. The summed E-state index contributed by atoms with van der Waals surface area (Å²) in [5, 5.41) is 14.7. The second kappa shape index (κ2) is 6.67. The minimum absolute atomic E-state index is 0.119. The molecule has 4 unspecified atom stereocenters. The summed E-state index contributed by atoms with van der Waals surface area (Å²) in [4.78, 5) is 23.2. The first-order chi connectivity index (χ1) is 9.86. The van der Waals surface area contributed by atoms with E-state index in [0.717, 1.165) is 11.8 Å². The van der Waals surface area contributed by atoms with Crippen LogP contribution in [0.3, 0.4) is 0 Å². The van der Waals surface area contributed by atoms with Gasteiger partial charge in [-0.1, -0.05) is 20.3 Å². The van der Waals surface area contributed by atoms with Crippen molar-refractivity contribution in [2.45, 2.75) is 65.0 Å². The highest BCUT2D eigenvalue weighted by atomic mass is 16.4. The molecule has 5 nitrogen and oxygen atoms in total. The van der Waals surface area contributed by atoms with Crippen LogP contribution in [0.2, 0.25) is 0 Å². The van der Waals surface area contributed by atoms with Crippen molar-refractivity contribution in [3.05, 3.63) is 0 Å². The predicted octanol–water partition coefficient (Wildman–Crippen LogP) is 2.61. The summed E-state index contributed by atoms with van der Waals surface area (Å²) in [5.41, 5.74) is 0. The summed E-state index contributed by atoms with van der Waals surface area (Å²) in [6.07, 6.45) is 5.60. The number of urea groups is 1. The molecule has 2 aliphatic carbocycles. The van der Waals surface area contributed by atoms with E-state index in [9.17, 15) is 9.59 Å². The summed E-state index contributed by atoms with van der Waals surface area (Å²) < 4.78 is 0. The first-order valence-electron chi connectivity index (χ1n) is 8.16. The van der Waals surface area contributed by atoms with Crippen LogP contribution in [-0.2, 0) is 4.79 Å². The summed E-state index contributed by atoms with van der Waals surface area (Å²) in [5.74, 6) is 1.42. The zero-order valence-electron chi connectivity index (χ0n) is 13.3. The van der Waals surface area contributed by atoms with Crippen molar-refractivity contribution in [3.8, 4) is 0 Å². The van der Waals surface area contributed by atoms with E-state index in [1.165, 1.54) is 25.7 Å². The molecule has 0 saturated heterocycles. The molecule has 5 atom stereocenters. The van der Waals surface area contributed by atoms with Gasteiger partial charge in [-0.25, -0.2) is 9.59 Å². The SMILES string of the molecule is CC(C)C[C@@H](NC(=O)NC(C)C1CC2CCC1C2)C(=O)O. The van der Waals surface area contributed by atoms with Gasteiger partial charge in [0.1, 0.15) is 6.04 Å². The van der Waals surface area contributed by atoms with Crippen LogP contribution < -0.4 is 10.6 Å². The van der Waals surface area contributed by atoms with Gasteiger partial charge in [0, 0.05) is 6.04 Å². The lowest BCUT2D eigenvalue weighted by Crippen LogP contribution is -2.50. The number of carbonyl (C=O) groups excluding carboxylic acids is 1. The van der Waals surface area contributed by atoms with Gasteiger partial charge >= 0.3 is 12.0 Å². The van der Waals surface area contributed by atoms with Crippen molar-refractivity contribution in [2.24, 2.45) is 23.7 Å². The number of nitrogens with one attached hydrogen (secondary N) is 2. The van der Waals surface area contributed by atoms with E-state index < -0.39 is 12.0 Å². The van der Waals surface area contributed by atoms with Gasteiger partial charge in [-0.2, -0.15) is 0 Å². The number of amides is 2. The number of hydrogen-bond acceptors (Lipinski definition) is 2. The Morgan fingerprint density at radius 1 is 1.14 bits per heavy atom. The smallest absolute Gasteiger partial charge is 0.326 e. The van der Waals surface area contributed by atoms with Crippen LogP contribution in [0.1, 0.15) is 52.9 Å². The van der Waals surface area contributed by atoms with Crippen molar-refractivity contribution in [1.29, 1.82) is 0 Å². The minimum atomic E-state index is -0.966. The zero-order valence-corrected chi connectivity index (χ0v) is 13.3. The van der Waals surface area contributed by atoms with Crippen LogP contribution in [0.15, 0.2) is 0 Å². The molecule has 0 aliphatic heterocycles. The largest absolute Gasteiger partial charge is 0.480 e. The molecule has 21 heavy (non-hydrogen) atoms. The number of carboxylic acids is 1. The minimum Gasteiger partial charge on any atom is -0.480 e. The lowest BCUT2D eigenvalue weighted by molar-refractivity contribution is -0.139. The normalized spacial score (nSPS) is 30.2. The average Bonchev–Trinajstić information content (AvgIpc) is 2.99. The number of hydrogen-bond donors (Lipinski definition) is 3. The summed E-state index contributed by atoms with van der Waals surface area (Å²) >= 11 is 0. The van der Waals surface area contributed by atoms with Gasteiger partial charge in [0.25, 0.3) is 0 Å². The molecule has 0 spiro atoms. The van der Waals surface area contributed by atoms with Crippen molar-refractivity contribution < 1.29 is 14.7 Å². The Morgan fingerprint density at radius 2 is 1.86 bits per heavy atom. The van der Waals surface area contributed by atoms with Gasteiger partial charge in [-0.05, 0) is 56.3 Å². The van der Waals surface area contributed by atoms with Crippen molar-refractivity contribution in [3.63, 3.8) is 0 Å². The standard InChI is InChI=1S/C16H28N2O3/c1-9(2)6-14(15(19)20)18-16(21)17-10(3)13-8-11-4-5-12(13)7-11/h9-14H,4-8H2,1-3H3,(H,19,20)(H2,17,18,21)/t10?,11?,12?,13?,14-/m1/s1. The van der Waals surface area contributed by atoms with Crippen molar-refractivity contribution >= 4 is 12.0 Å². The maximum Gasteiger partial charge on any atom is 0.326 e. The fraction of sp³-hybridized carbons (Fsp3) is 0.875. The summed E-state index contributed by atoms with van der Waals surface area (Å²) in [7, 11) is 0. The van der Waals surface area contributed by atoms with Crippen LogP contribution in [-0.4, -0.2) is 29.2 Å². The maximum atomic E-state index is 12.0. The third-order valence-electron chi connectivity index (χ3n) is 5.10. The topological polar surface area (TPSA) is 78.4 Å². The highest BCUT2D eigenvalue weighted by Gasteiger charge is 2.42. The Bertz CT molecular complexity index is 397. The maximum absolute atomic E-state index is 12.0. The van der Waals surface area contributed by atoms with E-state index in [2.05, 4.69) is 10.6 Å². The third kappa shape index (κ3) is 4.11. The van der Waals surface area contributed by atoms with E-state index in [-0.39, 0.29) is 18.0 Å². The quantitative estimate of drug-likeness (QED) is 0.705. The van der Waals surface area contributed by atoms with Crippen LogP contribution >= 0.6 is 0 Å². The lowest BCUT2D eigenvalue weighted by Gasteiger charge is -2.29. The molecule has 2 saturated carbocycles. The van der Waals surface area contributed by atoms with E-state index in [4.69, 9.17) is 5.11 Å². The summed E-state index contributed by atoms with van der Waals surface area (Å²) in [6, 6.07) is -1.04. The van der Waals surface area contributed by atoms with Crippen LogP contribution in [0.5, 0.6) is 0 Å². The Morgan fingerprint density at radius 3 is 2.33 bits per heavy atom. The van der Waals surface area contributed by atoms with Crippen LogP contribution in [0.4, 0.5) is 4.79 Å². The molecule has 3 N–H and O–H groups in total. The number of rotatable bonds is 6. The first-order valence-corrected chi connectivity index (χ1v) is 8.16. The molecule has 2 bridgehead atoms. The Kier molecular flexibility index (Phi) is 5.12. The molecule has 2 fully saturated rings. The molecule has 2 aliphatic rings. The predicted molar refractivity (Wildman–Crippen MR) is 80.9 cm³/mol. The molecule has 0 aromatic carbocycles. The van der Waals surface area contributed by atoms with Gasteiger partial charge in [0.2, 0.25) is 0 Å². The average molecular weight is 296 g/mol. The number of fused-ring (bicyclic) bond motifs is 2. The number of aliphatic carboxylic acids is 1. The molecular formula is C16H28N2O3. The van der Waals surface area contributed by atoms with E-state index >= 15 is 0 Å². The Labute approximate surface area is 126 Å². The van der Waals surface area contributed by atoms with Crippen LogP contribution in [0, 0.1) is 23.7 Å². The zero-order chi connectivity index (χ0) is 15.6. The number of carbonyl (C=O) groups is 2. The van der Waals surface area contributed by atoms with Gasteiger partial charge in [-0.3, -0.25) is 0 Å². The third-order valence-corrected chi connectivity index (χ3v) is 5.10. The second-order valence-corrected chi connectivity index (χ2v) is 7.27. The van der Waals surface area contributed by atoms with Gasteiger partial charge < -0.3 is 15.7 Å². The molecule has 0 aromatic rings. The van der Waals surface area contributed by atoms with Gasteiger partial charge in [0.05, 0.1) is 0 Å². The lowest BCUT2D eigenvalue weighted by atomic mass is 9.84. The molecule has 2 rings (SSSR count). The number of carboxylic acid groups (broad SMARTS) is 1. The molecule has 120 valence electrons. The van der Waals surface area contributed by atoms with Crippen molar-refractivity contribution in [1.82, 2.24) is 10.6 Å². The highest BCUT2D eigenvalue weighted by molar-refractivity contribution is 5.82. The summed E-state index contributed by atoms with van der Waals surface area (Å²) in [6.45, 7) is 5.95. The Balaban J connectivity index is 1.81. The molecule has 5 heteroatoms. The fourth-order valence-corrected chi connectivity index (χ4v) is 4.11. The van der Waals surface area contributed by atoms with Gasteiger partial charge in [-0.15, -0.1) is 0 Å². The second-order valence-electron chi connectivity index (χ2n) is 7.27.